The largest absolute Gasteiger partial charge is 0.356 e. The zero-order valence-electron chi connectivity index (χ0n) is 11.9. The third-order valence-electron chi connectivity index (χ3n) is 3.82. The Bertz CT molecular complexity index is 920. The number of aromatic nitrogens is 2. The lowest BCUT2D eigenvalue weighted by Gasteiger charge is -1.92. The zero-order chi connectivity index (χ0) is 16.0. The predicted molar refractivity (Wildman–Crippen MR) is 80.4 cm³/mol. The van der Waals surface area contributed by atoms with Crippen LogP contribution in [0.3, 0.4) is 0 Å². The van der Waals surface area contributed by atoms with Crippen molar-refractivity contribution >= 4 is 21.5 Å². The van der Waals surface area contributed by atoms with Gasteiger partial charge in [-0.15, -0.1) is 0 Å². The number of hydrogen-bond acceptors (Lipinski definition) is 4. The van der Waals surface area contributed by atoms with Crippen LogP contribution >= 0.6 is 0 Å². The third kappa shape index (κ3) is 1.78. The fourth-order valence-electron chi connectivity index (χ4n) is 2.80. The van der Waals surface area contributed by atoms with E-state index in [9.17, 15) is 19.2 Å². The van der Waals surface area contributed by atoms with Gasteiger partial charge in [-0.2, -0.15) is 0 Å². The molecule has 2 heterocycles. The van der Waals surface area contributed by atoms with E-state index >= 15 is 0 Å². The fourth-order valence-corrected chi connectivity index (χ4v) is 2.80. The molecule has 0 aliphatic carbocycles. The summed E-state index contributed by atoms with van der Waals surface area (Å²) in [6.45, 7) is 1.24. The van der Waals surface area contributed by atoms with Gasteiger partial charge in [0.05, 0.1) is 47.7 Å². The van der Waals surface area contributed by atoms with Gasteiger partial charge in [0, 0.05) is 0 Å². The van der Waals surface area contributed by atoms with Gasteiger partial charge in [0.25, 0.3) is 22.2 Å². The number of nitrogens with zero attached hydrogens (tertiary/aromatic N) is 2. The smallest absolute Gasteiger partial charge is 0.261 e. The molecule has 0 saturated heterocycles. The summed E-state index contributed by atoms with van der Waals surface area (Å²) in [5.41, 5.74) is 5.49. The topological polar surface area (TPSA) is 133 Å². The molecule has 0 aliphatic heterocycles. The molecule has 3 aromatic rings. The summed E-state index contributed by atoms with van der Waals surface area (Å²) >= 11 is 0. The first-order valence-corrected chi connectivity index (χ1v) is 7.00. The molecule has 0 saturated carbocycles. The molecule has 0 fully saturated rings. The van der Waals surface area contributed by atoms with Crippen LogP contribution in [0.15, 0.2) is 31.3 Å². The minimum absolute atomic E-state index is 0.176. The Morgan fingerprint density at radius 1 is 0.636 bits per heavy atom. The minimum Gasteiger partial charge on any atom is -0.356 e. The lowest BCUT2D eigenvalue weighted by molar-refractivity contribution is -0.370. The minimum atomic E-state index is -0.442. The molecule has 0 spiro atoms. The molecule has 0 unspecified atom stereocenters. The van der Waals surface area contributed by atoms with Crippen LogP contribution in [0.1, 0.15) is 0 Å². The molecular weight excluding hydrogens is 288 g/mol. The van der Waals surface area contributed by atoms with Crippen LogP contribution in [0.2, 0.25) is 0 Å². The lowest BCUT2D eigenvalue weighted by Crippen LogP contribution is -2.53. The van der Waals surface area contributed by atoms with E-state index in [4.69, 9.17) is 0 Å². The number of rotatable bonds is 4. The van der Waals surface area contributed by atoms with E-state index in [0.717, 1.165) is 9.13 Å². The van der Waals surface area contributed by atoms with E-state index < -0.39 is 22.2 Å². The van der Waals surface area contributed by atoms with Crippen molar-refractivity contribution in [2.75, 3.05) is 13.1 Å². The molecule has 6 N–H and O–H groups in total. The second-order valence-corrected chi connectivity index (χ2v) is 5.17. The molecule has 1 aromatic carbocycles. The highest BCUT2D eigenvalue weighted by molar-refractivity contribution is 5.97. The number of fused-ring (bicyclic) bond motifs is 2. The average Bonchev–Trinajstić information content (AvgIpc) is 2.88. The van der Waals surface area contributed by atoms with Gasteiger partial charge in [-0.05, 0) is 12.1 Å². The standard InChI is InChI=1S/C14H14N4O4/c15-1-3-17-11(19)7-5-9-10(6-8(7)12(17)20)14(22)18(4-2-16)13(9)21/h5-6H,1-4,15-16H2/p+2. The van der Waals surface area contributed by atoms with Gasteiger partial charge in [0.2, 0.25) is 0 Å². The van der Waals surface area contributed by atoms with E-state index in [2.05, 4.69) is 11.5 Å². The highest BCUT2D eigenvalue weighted by atomic mass is 16.2. The Morgan fingerprint density at radius 2 is 0.909 bits per heavy atom. The van der Waals surface area contributed by atoms with Crippen molar-refractivity contribution in [2.45, 2.75) is 13.1 Å². The van der Waals surface area contributed by atoms with Crippen LogP contribution in [-0.4, -0.2) is 22.2 Å². The molecular formula is C14H16N4O4+2. The van der Waals surface area contributed by atoms with E-state index in [1.165, 1.54) is 12.1 Å². The number of quaternary nitrogens is 2. The molecule has 114 valence electrons. The van der Waals surface area contributed by atoms with Crippen molar-refractivity contribution in [2.24, 2.45) is 0 Å². The molecule has 0 bridgehead atoms. The Hall–Kier alpha value is -2.58. The molecule has 2 aromatic heterocycles. The quantitative estimate of drug-likeness (QED) is 0.515. The number of hydrogen-bond donors (Lipinski definition) is 2. The van der Waals surface area contributed by atoms with Crippen molar-refractivity contribution in [3.8, 4) is 0 Å². The van der Waals surface area contributed by atoms with Crippen LogP contribution in [0.25, 0.3) is 21.5 Å². The lowest BCUT2D eigenvalue weighted by atomic mass is 10.1. The second kappa shape index (κ2) is 5.00. The van der Waals surface area contributed by atoms with E-state index in [-0.39, 0.29) is 34.6 Å². The maximum Gasteiger partial charge on any atom is 0.261 e. The maximum absolute atomic E-state index is 12.2. The van der Waals surface area contributed by atoms with Crippen LogP contribution in [-0.2, 0) is 13.1 Å². The first kappa shape index (κ1) is 14.4. The average molecular weight is 304 g/mol. The normalized spacial score (nSPS) is 11.7. The number of benzene rings is 1. The SMILES string of the molecule is [NH3+]CCn1c(=O)c2cc3c(=O)n(CC[NH3+])c(=O)c3cc2c1=O. The highest BCUT2D eigenvalue weighted by Crippen LogP contribution is 2.14. The Kier molecular flexibility index (Phi) is 3.27. The van der Waals surface area contributed by atoms with Crippen LogP contribution in [0.5, 0.6) is 0 Å². The van der Waals surface area contributed by atoms with Gasteiger partial charge >= 0.3 is 0 Å². The Morgan fingerprint density at radius 3 is 1.14 bits per heavy atom. The van der Waals surface area contributed by atoms with Crippen molar-refractivity contribution in [1.29, 1.82) is 0 Å². The van der Waals surface area contributed by atoms with Gasteiger partial charge in [0.1, 0.15) is 0 Å². The molecule has 0 amide bonds. The summed E-state index contributed by atoms with van der Waals surface area (Å²) in [5, 5.41) is 0.703. The molecule has 8 heteroatoms. The van der Waals surface area contributed by atoms with Crippen molar-refractivity contribution < 1.29 is 11.5 Å². The molecule has 8 nitrogen and oxygen atoms in total. The van der Waals surface area contributed by atoms with Crippen LogP contribution in [0, 0.1) is 0 Å². The van der Waals surface area contributed by atoms with Gasteiger partial charge in [0.15, 0.2) is 0 Å². The maximum atomic E-state index is 12.2. The summed E-state index contributed by atoms with van der Waals surface area (Å²) < 4.78 is 2.19. The summed E-state index contributed by atoms with van der Waals surface area (Å²) in [6.07, 6.45) is 0. The summed E-state index contributed by atoms with van der Waals surface area (Å²) in [7, 11) is 0. The van der Waals surface area contributed by atoms with Crippen molar-refractivity contribution in [1.82, 2.24) is 9.13 Å². The molecule has 0 aliphatic rings. The highest BCUT2D eigenvalue weighted by Gasteiger charge is 2.19. The van der Waals surface area contributed by atoms with Crippen LogP contribution < -0.4 is 33.7 Å². The van der Waals surface area contributed by atoms with E-state index in [1.54, 1.807) is 0 Å². The van der Waals surface area contributed by atoms with Gasteiger partial charge < -0.3 is 11.5 Å². The van der Waals surface area contributed by atoms with Crippen molar-refractivity contribution in [3.63, 3.8) is 0 Å². The molecule has 3 rings (SSSR count). The van der Waals surface area contributed by atoms with Crippen molar-refractivity contribution in [3.05, 3.63) is 53.5 Å². The van der Waals surface area contributed by atoms with Crippen LogP contribution in [0.4, 0.5) is 0 Å². The summed E-state index contributed by atoms with van der Waals surface area (Å²) in [6, 6.07) is 2.72. The van der Waals surface area contributed by atoms with Gasteiger partial charge in [-0.1, -0.05) is 0 Å². The first-order valence-electron chi connectivity index (χ1n) is 7.00. The second-order valence-electron chi connectivity index (χ2n) is 5.17. The Labute approximate surface area is 122 Å². The van der Waals surface area contributed by atoms with E-state index in [1.807, 2.05) is 0 Å². The molecule has 0 atom stereocenters. The zero-order valence-corrected chi connectivity index (χ0v) is 11.9. The third-order valence-corrected chi connectivity index (χ3v) is 3.82. The first-order chi connectivity index (χ1) is 10.5. The monoisotopic (exact) mass is 304 g/mol. The molecule has 0 radical (unpaired) electrons. The van der Waals surface area contributed by atoms with Gasteiger partial charge in [-0.25, -0.2) is 0 Å². The summed E-state index contributed by atoms with van der Waals surface area (Å²) in [5.74, 6) is 0. The fraction of sp³-hybridized carbons (Fsp3) is 0.286. The molecule has 22 heavy (non-hydrogen) atoms. The Balaban J connectivity index is 2.47. The summed E-state index contributed by atoms with van der Waals surface area (Å²) in [4.78, 5) is 49.0. The predicted octanol–water partition coefficient (Wildman–Crippen LogP) is -3.60. The van der Waals surface area contributed by atoms with Gasteiger partial charge in [-0.3, -0.25) is 28.3 Å². The van der Waals surface area contributed by atoms with E-state index in [0.29, 0.717) is 13.1 Å².